The molecule has 0 N–H and O–H groups in total. The van der Waals surface area contributed by atoms with Gasteiger partial charge in [0.25, 0.3) is 5.91 Å². The molecule has 3 aromatic rings. The first-order valence-corrected chi connectivity index (χ1v) is 8.81. The summed E-state index contributed by atoms with van der Waals surface area (Å²) in [6.45, 7) is 4.36. The molecule has 7 heteroatoms. The highest BCUT2D eigenvalue weighted by molar-refractivity contribution is 5.96. The number of carbonyl (C=O) groups is 1. The van der Waals surface area contributed by atoms with E-state index in [4.69, 9.17) is 9.15 Å². The molecule has 2 aromatic heterocycles. The van der Waals surface area contributed by atoms with Gasteiger partial charge in [0.15, 0.2) is 0 Å². The molecule has 7 nitrogen and oxygen atoms in total. The lowest BCUT2D eigenvalue weighted by Gasteiger charge is -2.28. The highest BCUT2D eigenvalue weighted by Gasteiger charge is 2.23. The quantitative estimate of drug-likeness (QED) is 0.707. The topological polar surface area (TPSA) is 71.7 Å². The lowest BCUT2D eigenvalue weighted by Crippen LogP contribution is -2.40. The number of amides is 1. The van der Waals surface area contributed by atoms with Crippen LogP contribution in [-0.4, -0.2) is 47.1 Å². The van der Waals surface area contributed by atoms with E-state index in [1.165, 1.54) is 6.26 Å². The average molecular weight is 364 g/mol. The van der Waals surface area contributed by atoms with Crippen molar-refractivity contribution in [1.82, 2.24) is 14.9 Å². The lowest BCUT2D eigenvalue weighted by molar-refractivity contribution is 0.0303. The Bertz CT molecular complexity index is 906. The molecule has 27 heavy (non-hydrogen) atoms. The molecule has 3 heterocycles. The first-order chi connectivity index (χ1) is 13.2. The fourth-order valence-corrected chi connectivity index (χ4v) is 3.10. The van der Waals surface area contributed by atoms with Crippen molar-refractivity contribution in [2.75, 3.05) is 31.2 Å². The van der Waals surface area contributed by atoms with Crippen molar-refractivity contribution in [3.8, 4) is 0 Å². The van der Waals surface area contributed by atoms with Crippen LogP contribution in [0, 0.1) is 6.92 Å². The van der Waals surface area contributed by atoms with Crippen molar-refractivity contribution in [3.63, 3.8) is 0 Å². The minimum Gasteiger partial charge on any atom is -0.432 e. The predicted molar refractivity (Wildman–Crippen MR) is 100 cm³/mol. The molecule has 0 bridgehead atoms. The predicted octanol–water partition coefficient (Wildman–Crippen LogP) is 3.32. The first-order valence-electron chi connectivity index (χ1n) is 8.81. The zero-order valence-electron chi connectivity index (χ0n) is 15.0. The summed E-state index contributed by atoms with van der Waals surface area (Å²) < 4.78 is 10.9. The van der Waals surface area contributed by atoms with Crippen molar-refractivity contribution in [2.45, 2.75) is 6.92 Å². The van der Waals surface area contributed by atoms with Crippen molar-refractivity contribution >= 4 is 23.3 Å². The van der Waals surface area contributed by atoms with Crippen molar-refractivity contribution in [2.24, 2.45) is 0 Å². The number of hydrogen-bond acceptors (Lipinski definition) is 6. The molecule has 138 valence electrons. The number of oxazole rings is 1. The molecule has 0 spiro atoms. The van der Waals surface area contributed by atoms with Crippen LogP contribution < -0.4 is 4.90 Å². The molecule has 0 atom stereocenters. The average Bonchev–Trinajstić information content (AvgIpc) is 3.25. The van der Waals surface area contributed by atoms with Gasteiger partial charge in [-0.15, -0.1) is 0 Å². The summed E-state index contributed by atoms with van der Waals surface area (Å²) in [4.78, 5) is 25.0. The van der Waals surface area contributed by atoms with Gasteiger partial charge in [0.05, 0.1) is 30.8 Å². The normalized spacial score (nSPS) is 14.2. The van der Waals surface area contributed by atoms with E-state index in [0.717, 1.165) is 16.9 Å². The Morgan fingerprint density at radius 3 is 2.59 bits per heavy atom. The minimum absolute atomic E-state index is 0.00151. The van der Waals surface area contributed by atoms with Gasteiger partial charge in [-0.3, -0.25) is 14.7 Å². The molecule has 1 aliphatic heterocycles. The Kier molecular flexibility index (Phi) is 4.84. The summed E-state index contributed by atoms with van der Waals surface area (Å²) in [5, 5.41) is 0. The van der Waals surface area contributed by atoms with Crippen molar-refractivity contribution < 1.29 is 13.9 Å². The summed E-state index contributed by atoms with van der Waals surface area (Å²) in [6, 6.07) is 9.87. The third kappa shape index (κ3) is 3.54. The van der Waals surface area contributed by atoms with Gasteiger partial charge < -0.3 is 14.1 Å². The summed E-state index contributed by atoms with van der Waals surface area (Å²) >= 11 is 0. The van der Waals surface area contributed by atoms with Gasteiger partial charge in [0.1, 0.15) is 6.26 Å². The highest BCUT2D eigenvalue weighted by Crippen LogP contribution is 2.35. The molecule has 0 aliphatic carbocycles. The SMILES string of the molecule is Cc1ccc(C(=O)N2CCOCC2)cc1N(c1ccncc1)c1ncco1. The Morgan fingerprint density at radius 2 is 1.89 bits per heavy atom. The van der Waals surface area contributed by atoms with E-state index in [1.807, 2.05) is 47.1 Å². The highest BCUT2D eigenvalue weighted by atomic mass is 16.5. The van der Waals surface area contributed by atoms with Crippen LogP contribution in [0.5, 0.6) is 0 Å². The van der Waals surface area contributed by atoms with Gasteiger partial charge in [-0.05, 0) is 36.8 Å². The minimum atomic E-state index is 0.00151. The maximum Gasteiger partial charge on any atom is 0.306 e. The smallest absolute Gasteiger partial charge is 0.306 e. The second-order valence-corrected chi connectivity index (χ2v) is 6.26. The number of anilines is 3. The molecule has 1 aliphatic rings. The number of nitrogens with zero attached hydrogens (tertiary/aromatic N) is 4. The molecule has 1 saturated heterocycles. The van der Waals surface area contributed by atoms with Crippen LogP contribution in [0.4, 0.5) is 17.4 Å². The molecule has 0 saturated carbocycles. The molecule has 0 unspecified atom stereocenters. The van der Waals surface area contributed by atoms with E-state index in [2.05, 4.69) is 9.97 Å². The van der Waals surface area contributed by atoms with Gasteiger partial charge in [-0.2, -0.15) is 0 Å². The largest absolute Gasteiger partial charge is 0.432 e. The second-order valence-electron chi connectivity index (χ2n) is 6.26. The summed E-state index contributed by atoms with van der Waals surface area (Å²) in [6.07, 6.45) is 6.55. The Hall–Kier alpha value is -3.19. The Labute approximate surface area is 157 Å². The van der Waals surface area contributed by atoms with Crippen LogP contribution in [0.1, 0.15) is 15.9 Å². The number of morpholine rings is 1. The summed E-state index contributed by atoms with van der Waals surface area (Å²) in [5.74, 6) is 0.00151. The van der Waals surface area contributed by atoms with E-state index in [9.17, 15) is 4.79 Å². The number of carbonyl (C=O) groups excluding carboxylic acids is 1. The number of aryl methyl sites for hydroxylation is 1. The Balaban J connectivity index is 1.75. The number of hydrogen-bond donors (Lipinski definition) is 0. The van der Waals surface area contributed by atoms with E-state index in [1.54, 1.807) is 18.6 Å². The van der Waals surface area contributed by atoms with Gasteiger partial charge >= 0.3 is 6.01 Å². The number of aromatic nitrogens is 2. The molecular weight excluding hydrogens is 344 g/mol. The lowest BCUT2D eigenvalue weighted by atomic mass is 10.1. The van der Waals surface area contributed by atoms with Gasteiger partial charge in [0, 0.05) is 31.0 Å². The zero-order valence-corrected chi connectivity index (χ0v) is 15.0. The van der Waals surface area contributed by atoms with Crippen LogP contribution in [0.25, 0.3) is 0 Å². The van der Waals surface area contributed by atoms with Crippen molar-refractivity contribution in [1.29, 1.82) is 0 Å². The van der Waals surface area contributed by atoms with E-state index >= 15 is 0 Å². The van der Waals surface area contributed by atoms with Gasteiger partial charge in [0.2, 0.25) is 0 Å². The van der Waals surface area contributed by atoms with Crippen LogP contribution in [0.15, 0.2) is 59.6 Å². The standard InChI is InChI=1S/C20H20N4O3/c1-15-2-3-16(19(25)23-9-12-26-13-10-23)14-18(15)24(20-22-8-11-27-20)17-4-6-21-7-5-17/h2-8,11,14H,9-10,12-13H2,1H3. The monoisotopic (exact) mass is 364 g/mol. The number of pyridine rings is 1. The van der Waals surface area contributed by atoms with E-state index < -0.39 is 0 Å². The molecular formula is C20H20N4O3. The third-order valence-electron chi connectivity index (χ3n) is 4.53. The molecule has 4 rings (SSSR count). The van der Waals surface area contributed by atoms with Crippen LogP contribution in [0.3, 0.4) is 0 Å². The van der Waals surface area contributed by atoms with Gasteiger partial charge in [-0.25, -0.2) is 4.98 Å². The number of ether oxygens (including phenoxy) is 1. The maximum absolute atomic E-state index is 12.9. The van der Waals surface area contributed by atoms with Crippen LogP contribution in [-0.2, 0) is 4.74 Å². The molecule has 1 fully saturated rings. The molecule has 1 aromatic carbocycles. The zero-order chi connectivity index (χ0) is 18.6. The van der Waals surface area contributed by atoms with E-state index in [-0.39, 0.29) is 5.91 Å². The Morgan fingerprint density at radius 1 is 1.11 bits per heavy atom. The van der Waals surface area contributed by atoms with Crippen LogP contribution in [0.2, 0.25) is 0 Å². The summed E-state index contributed by atoms with van der Waals surface area (Å²) in [5.41, 5.74) is 3.32. The number of rotatable bonds is 4. The maximum atomic E-state index is 12.9. The van der Waals surface area contributed by atoms with Crippen molar-refractivity contribution in [3.05, 3.63) is 66.3 Å². The molecule has 1 amide bonds. The first kappa shape index (κ1) is 17.2. The fourth-order valence-electron chi connectivity index (χ4n) is 3.10. The van der Waals surface area contributed by atoms with Gasteiger partial charge in [-0.1, -0.05) is 6.07 Å². The second kappa shape index (κ2) is 7.59. The van der Waals surface area contributed by atoms with Crippen LogP contribution >= 0.6 is 0 Å². The molecule has 0 radical (unpaired) electrons. The fraction of sp³-hybridized carbons (Fsp3) is 0.250. The van der Waals surface area contributed by atoms with E-state index in [0.29, 0.717) is 37.9 Å². The third-order valence-corrected chi connectivity index (χ3v) is 4.53. The summed E-state index contributed by atoms with van der Waals surface area (Å²) in [7, 11) is 0. The number of benzene rings is 1.